The van der Waals surface area contributed by atoms with Gasteiger partial charge in [-0.1, -0.05) is 6.92 Å². The summed E-state index contributed by atoms with van der Waals surface area (Å²) < 4.78 is 0. The van der Waals surface area contributed by atoms with Crippen molar-refractivity contribution in [2.45, 2.75) is 39.2 Å². The van der Waals surface area contributed by atoms with Gasteiger partial charge in [0.05, 0.1) is 6.54 Å². The third-order valence-corrected chi connectivity index (χ3v) is 4.95. The first-order chi connectivity index (χ1) is 10.1. The standard InChI is InChI=1S/C15H22N2O3S/c1-2-12-5-8-21-13(12)10-16-15(20)17-6-3-11(4-7-17)9-14(18)19/h5,8,11H,2-4,6-7,9-10H2,1H3,(H,16,20)(H,18,19). The minimum absolute atomic E-state index is 0.0424. The van der Waals surface area contributed by atoms with E-state index in [1.807, 2.05) is 0 Å². The number of rotatable bonds is 5. The van der Waals surface area contributed by atoms with Crippen LogP contribution in [0.25, 0.3) is 0 Å². The van der Waals surface area contributed by atoms with E-state index in [1.54, 1.807) is 16.2 Å². The van der Waals surface area contributed by atoms with Gasteiger partial charge >= 0.3 is 12.0 Å². The van der Waals surface area contributed by atoms with Crippen molar-refractivity contribution < 1.29 is 14.7 Å². The Morgan fingerprint density at radius 2 is 2.14 bits per heavy atom. The highest BCUT2D eigenvalue weighted by atomic mass is 32.1. The lowest BCUT2D eigenvalue weighted by Gasteiger charge is -2.31. The monoisotopic (exact) mass is 310 g/mol. The van der Waals surface area contributed by atoms with Gasteiger partial charge in [0.15, 0.2) is 0 Å². The molecule has 1 fully saturated rings. The zero-order valence-electron chi connectivity index (χ0n) is 12.3. The Bertz CT molecular complexity index is 493. The number of aryl methyl sites for hydroxylation is 1. The molecular weight excluding hydrogens is 288 g/mol. The van der Waals surface area contributed by atoms with Crippen molar-refractivity contribution in [1.82, 2.24) is 10.2 Å². The number of aliphatic carboxylic acids is 1. The molecule has 0 bridgehead atoms. The maximum absolute atomic E-state index is 12.1. The van der Waals surface area contributed by atoms with E-state index < -0.39 is 5.97 Å². The molecule has 0 radical (unpaired) electrons. The van der Waals surface area contributed by atoms with Gasteiger partial charge in [-0.15, -0.1) is 11.3 Å². The highest BCUT2D eigenvalue weighted by Crippen LogP contribution is 2.21. The Morgan fingerprint density at radius 1 is 1.43 bits per heavy atom. The number of likely N-dealkylation sites (tertiary alicyclic amines) is 1. The highest BCUT2D eigenvalue weighted by molar-refractivity contribution is 7.10. The van der Waals surface area contributed by atoms with Gasteiger partial charge in [-0.25, -0.2) is 4.79 Å². The fourth-order valence-electron chi connectivity index (χ4n) is 2.69. The molecule has 2 amide bonds. The van der Waals surface area contributed by atoms with Crippen LogP contribution in [0.1, 0.15) is 36.6 Å². The molecule has 2 heterocycles. The second-order valence-electron chi connectivity index (χ2n) is 5.41. The van der Waals surface area contributed by atoms with Gasteiger partial charge in [0, 0.05) is 24.4 Å². The van der Waals surface area contributed by atoms with Crippen LogP contribution in [-0.4, -0.2) is 35.1 Å². The summed E-state index contributed by atoms with van der Waals surface area (Å²) in [4.78, 5) is 25.8. The number of carboxylic acids is 1. The van der Waals surface area contributed by atoms with Gasteiger partial charge < -0.3 is 15.3 Å². The fraction of sp³-hybridized carbons (Fsp3) is 0.600. The van der Waals surface area contributed by atoms with Crippen molar-refractivity contribution in [1.29, 1.82) is 0 Å². The quantitative estimate of drug-likeness (QED) is 0.878. The van der Waals surface area contributed by atoms with Crippen LogP contribution < -0.4 is 5.32 Å². The van der Waals surface area contributed by atoms with Crippen molar-refractivity contribution in [3.63, 3.8) is 0 Å². The van der Waals surface area contributed by atoms with Gasteiger partial charge in [0.1, 0.15) is 0 Å². The van der Waals surface area contributed by atoms with Crippen LogP contribution in [0.5, 0.6) is 0 Å². The maximum Gasteiger partial charge on any atom is 0.317 e. The Hall–Kier alpha value is -1.56. The molecule has 2 N–H and O–H groups in total. The van der Waals surface area contributed by atoms with Crippen LogP contribution in [0, 0.1) is 5.92 Å². The number of nitrogens with one attached hydrogen (secondary N) is 1. The first-order valence-electron chi connectivity index (χ1n) is 7.40. The van der Waals surface area contributed by atoms with Crippen molar-refractivity contribution >= 4 is 23.3 Å². The summed E-state index contributed by atoms with van der Waals surface area (Å²) in [6, 6.07) is 2.06. The zero-order chi connectivity index (χ0) is 15.2. The second kappa shape index (κ2) is 7.45. The average Bonchev–Trinajstić information content (AvgIpc) is 2.92. The summed E-state index contributed by atoms with van der Waals surface area (Å²) in [5.74, 6) is -0.543. The lowest BCUT2D eigenvalue weighted by atomic mass is 9.94. The number of carbonyl (C=O) groups is 2. The summed E-state index contributed by atoms with van der Waals surface area (Å²) in [6.07, 6.45) is 2.75. The Balaban J connectivity index is 1.76. The Morgan fingerprint density at radius 3 is 2.76 bits per heavy atom. The van der Waals surface area contributed by atoms with Crippen LogP contribution >= 0.6 is 11.3 Å². The number of hydrogen-bond acceptors (Lipinski definition) is 3. The van der Waals surface area contributed by atoms with Crippen molar-refractivity contribution in [2.24, 2.45) is 5.92 Å². The Labute approximate surface area is 129 Å². The molecule has 1 aliphatic rings. The molecule has 0 atom stereocenters. The summed E-state index contributed by atoms with van der Waals surface area (Å²) in [7, 11) is 0. The summed E-state index contributed by atoms with van der Waals surface area (Å²) >= 11 is 1.67. The van der Waals surface area contributed by atoms with E-state index in [9.17, 15) is 9.59 Å². The van der Waals surface area contributed by atoms with Gasteiger partial charge in [-0.05, 0) is 42.2 Å². The fourth-order valence-corrected chi connectivity index (χ4v) is 3.61. The van der Waals surface area contributed by atoms with Crippen molar-refractivity contribution in [2.75, 3.05) is 13.1 Å². The minimum Gasteiger partial charge on any atom is -0.481 e. The van der Waals surface area contributed by atoms with Gasteiger partial charge in [0.25, 0.3) is 0 Å². The largest absolute Gasteiger partial charge is 0.481 e. The predicted octanol–water partition coefficient (Wildman–Crippen LogP) is 2.71. The first kappa shape index (κ1) is 15.8. The number of amides is 2. The molecule has 0 saturated carbocycles. The van der Waals surface area contributed by atoms with Gasteiger partial charge in [-0.2, -0.15) is 0 Å². The van der Waals surface area contributed by atoms with E-state index in [-0.39, 0.29) is 18.4 Å². The first-order valence-corrected chi connectivity index (χ1v) is 8.28. The van der Waals surface area contributed by atoms with Crippen LogP contribution in [0.3, 0.4) is 0 Å². The molecule has 5 nitrogen and oxygen atoms in total. The number of piperidine rings is 1. The molecule has 2 rings (SSSR count). The number of hydrogen-bond donors (Lipinski definition) is 2. The molecule has 0 spiro atoms. The number of carbonyl (C=O) groups excluding carboxylic acids is 1. The molecular formula is C15H22N2O3S. The molecule has 1 aliphatic heterocycles. The Kier molecular flexibility index (Phi) is 5.61. The number of thiophene rings is 1. The second-order valence-corrected chi connectivity index (χ2v) is 6.41. The molecule has 116 valence electrons. The van der Waals surface area contributed by atoms with E-state index in [2.05, 4.69) is 23.7 Å². The summed E-state index contributed by atoms with van der Waals surface area (Å²) in [5.41, 5.74) is 1.29. The van der Waals surface area contributed by atoms with Crippen LogP contribution in [-0.2, 0) is 17.8 Å². The van der Waals surface area contributed by atoms with Crippen LogP contribution in [0.4, 0.5) is 4.79 Å². The molecule has 6 heteroatoms. The van der Waals surface area contributed by atoms with Crippen LogP contribution in [0.15, 0.2) is 11.4 Å². The third kappa shape index (κ3) is 4.46. The smallest absolute Gasteiger partial charge is 0.317 e. The molecule has 1 saturated heterocycles. The minimum atomic E-state index is -0.748. The third-order valence-electron chi connectivity index (χ3n) is 3.98. The summed E-state index contributed by atoms with van der Waals surface area (Å²) in [6.45, 7) is 3.99. The highest BCUT2D eigenvalue weighted by Gasteiger charge is 2.24. The lowest BCUT2D eigenvalue weighted by Crippen LogP contribution is -2.44. The normalized spacial score (nSPS) is 16.0. The average molecular weight is 310 g/mol. The van der Waals surface area contributed by atoms with E-state index in [0.717, 1.165) is 19.3 Å². The lowest BCUT2D eigenvalue weighted by molar-refractivity contribution is -0.138. The van der Waals surface area contributed by atoms with E-state index >= 15 is 0 Å². The van der Waals surface area contributed by atoms with Crippen molar-refractivity contribution in [3.8, 4) is 0 Å². The van der Waals surface area contributed by atoms with E-state index in [0.29, 0.717) is 19.6 Å². The number of urea groups is 1. The number of carboxylic acid groups (broad SMARTS) is 1. The molecule has 21 heavy (non-hydrogen) atoms. The SMILES string of the molecule is CCc1ccsc1CNC(=O)N1CCC(CC(=O)O)CC1. The van der Waals surface area contributed by atoms with Crippen molar-refractivity contribution in [3.05, 3.63) is 21.9 Å². The molecule has 1 aromatic heterocycles. The van der Waals surface area contributed by atoms with Gasteiger partial charge in [-0.3, -0.25) is 4.79 Å². The van der Waals surface area contributed by atoms with E-state index in [4.69, 9.17) is 5.11 Å². The maximum atomic E-state index is 12.1. The topological polar surface area (TPSA) is 69.6 Å². The molecule has 0 aromatic carbocycles. The molecule has 1 aromatic rings. The predicted molar refractivity (Wildman–Crippen MR) is 82.5 cm³/mol. The molecule has 0 unspecified atom stereocenters. The summed E-state index contributed by atoms with van der Waals surface area (Å²) in [5, 5.41) is 13.8. The molecule has 0 aliphatic carbocycles. The van der Waals surface area contributed by atoms with Gasteiger partial charge in [0.2, 0.25) is 0 Å². The van der Waals surface area contributed by atoms with E-state index in [1.165, 1.54) is 10.4 Å². The number of nitrogens with zero attached hydrogens (tertiary/aromatic N) is 1. The van der Waals surface area contributed by atoms with Crippen LogP contribution in [0.2, 0.25) is 0 Å². The zero-order valence-corrected chi connectivity index (χ0v) is 13.1.